The van der Waals surface area contributed by atoms with Gasteiger partial charge in [0.2, 0.25) is 0 Å². The molecule has 238 valence electrons. The minimum Gasteiger partial charge on any atom is -0.462 e. The molecule has 0 aliphatic carbocycles. The molecular weight excluding hydrogens is 608 g/mol. The van der Waals surface area contributed by atoms with Gasteiger partial charge in [-0.05, 0) is 86.6 Å². The van der Waals surface area contributed by atoms with Crippen LogP contribution in [0, 0.1) is 0 Å². The van der Waals surface area contributed by atoms with Crippen molar-refractivity contribution < 1.29 is 19.1 Å². The van der Waals surface area contributed by atoms with Crippen molar-refractivity contribution in [3.05, 3.63) is 129 Å². The van der Waals surface area contributed by atoms with E-state index in [4.69, 9.17) is 9.47 Å². The highest BCUT2D eigenvalue weighted by molar-refractivity contribution is 6.05. The van der Waals surface area contributed by atoms with Gasteiger partial charge in [-0.1, -0.05) is 24.3 Å². The molecule has 48 heavy (non-hydrogen) atoms. The molecule has 0 aliphatic rings. The first-order valence-electron chi connectivity index (χ1n) is 15.5. The molecule has 0 bridgehead atoms. The first-order valence-corrected chi connectivity index (χ1v) is 15.5. The summed E-state index contributed by atoms with van der Waals surface area (Å²) in [7, 11) is 0. The van der Waals surface area contributed by atoms with Gasteiger partial charge in [-0.3, -0.25) is 9.59 Å². The van der Waals surface area contributed by atoms with Gasteiger partial charge in [-0.25, -0.2) is 9.59 Å². The predicted octanol–water partition coefficient (Wildman–Crippen LogP) is 7.52. The molecule has 0 amide bonds. The summed E-state index contributed by atoms with van der Waals surface area (Å²) in [6.07, 6.45) is 0. The van der Waals surface area contributed by atoms with Crippen LogP contribution in [0.25, 0.3) is 43.6 Å². The maximum absolute atomic E-state index is 13.4. The summed E-state index contributed by atoms with van der Waals surface area (Å²) in [4.78, 5) is 59.3. The Bertz CT molecular complexity index is 2340. The topological polar surface area (TPSA) is 142 Å². The van der Waals surface area contributed by atoms with E-state index in [1.54, 1.807) is 86.6 Å². The number of carbonyl (C=O) groups is 2. The normalized spacial score (nSPS) is 11.2. The molecule has 10 heteroatoms. The van der Waals surface area contributed by atoms with Gasteiger partial charge in [0, 0.05) is 44.0 Å². The number of hydrogen-bond acceptors (Lipinski definition) is 8. The van der Waals surface area contributed by atoms with Crippen LogP contribution in [-0.4, -0.2) is 35.1 Å². The molecule has 5 aromatic carbocycles. The molecule has 0 spiro atoms. The van der Waals surface area contributed by atoms with Crippen LogP contribution < -0.4 is 21.5 Å². The highest BCUT2D eigenvalue weighted by atomic mass is 16.5. The van der Waals surface area contributed by atoms with Gasteiger partial charge in [0.25, 0.3) is 0 Å². The number of esters is 2. The van der Waals surface area contributed by atoms with Gasteiger partial charge >= 0.3 is 11.9 Å². The molecule has 7 rings (SSSR count). The van der Waals surface area contributed by atoms with E-state index in [1.807, 2.05) is 24.3 Å². The van der Waals surface area contributed by atoms with Gasteiger partial charge < -0.3 is 30.1 Å². The van der Waals surface area contributed by atoms with Crippen molar-refractivity contribution in [3.63, 3.8) is 0 Å². The van der Waals surface area contributed by atoms with Crippen molar-refractivity contribution >= 4 is 78.3 Å². The van der Waals surface area contributed by atoms with Crippen LogP contribution in [0.4, 0.5) is 22.7 Å². The highest BCUT2D eigenvalue weighted by Crippen LogP contribution is 2.30. The third-order valence-corrected chi connectivity index (χ3v) is 8.12. The molecular formula is C38H30N4O6. The lowest BCUT2D eigenvalue weighted by molar-refractivity contribution is 0.0518. The van der Waals surface area contributed by atoms with E-state index in [2.05, 4.69) is 20.6 Å². The summed E-state index contributed by atoms with van der Waals surface area (Å²) < 4.78 is 10.7. The predicted molar refractivity (Wildman–Crippen MR) is 189 cm³/mol. The fourth-order valence-corrected chi connectivity index (χ4v) is 5.85. The fourth-order valence-electron chi connectivity index (χ4n) is 5.85. The van der Waals surface area contributed by atoms with Gasteiger partial charge in [0.05, 0.1) is 46.7 Å². The Morgan fingerprint density at radius 1 is 0.542 bits per heavy atom. The van der Waals surface area contributed by atoms with E-state index >= 15 is 0 Å². The maximum atomic E-state index is 13.4. The number of fused-ring (bicyclic) bond motifs is 4. The molecule has 0 aliphatic heterocycles. The zero-order valence-electron chi connectivity index (χ0n) is 26.1. The standard InChI is InChI=1S/C38H30N4O6/c1-3-47-37(45)27-19-31-25(35(43)23-9-5-7-11-29(23)41-31)17-33(27)39-21-13-15-22(16-14-21)40-34-18-26-32(20-28(34)38(46)48-4-2)42-30-12-8-6-10-24(30)36(26)44/h5-20,39-40H,3-4H2,1-2H3,(H,41,43)(H,42,44). The van der Waals surface area contributed by atoms with Crippen molar-refractivity contribution in [2.75, 3.05) is 23.8 Å². The van der Waals surface area contributed by atoms with E-state index in [0.717, 1.165) is 0 Å². The minimum atomic E-state index is -0.528. The lowest BCUT2D eigenvalue weighted by atomic mass is 10.0. The maximum Gasteiger partial charge on any atom is 0.340 e. The quantitative estimate of drug-likeness (QED) is 0.0989. The minimum absolute atomic E-state index is 0.156. The summed E-state index contributed by atoms with van der Waals surface area (Å²) in [5.41, 5.74) is 4.70. The Hall–Kier alpha value is -6.42. The molecule has 0 fully saturated rings. The Kier molecular flexibility index (Phi) is 7.82. The van der Waals surface area contributed by atoms with E-state index in [-0.39, 0.29) is 35.2 Å². The first kappa shape index (κ1) is 30.2. The smallest absolute Gasteiger partial charge is 0.340 e. The number of carbonyl (C=O) groups excluding carboxylic acids is 2. The number of hydrogen-bond donors (Lipinski definition) is 4. The Morgan fingerprint density at radius 2 is 0.938 bits per heavy atom. The molecule has 0 saturated carbocycles. The summed E-state index contributed by atoms with van der Waals surface area (Å²) in [6, 6.07) is 28.1. The fraction of sp³-hybridized carbons (Fsp3) is 0.105. The molecule has 7 aromatic rings. The number of nitrogens with one attached hydrogen (secondary N) is 4. The van der Waals surface area contributed by atoms with Crippen molar-refractivity contribution in [2.45, 2.75) is 13.8 Å². The van der Waals surface area contributed by atoms with Crippen molar-refractivity contribution in [1.82, 2.24) is 9.97 Å². The van der Waals surface area contributed by atoms with Gasteiger partial charge in [-0.15, -0.1) is 0 Å². The number of aromatic nitrogens is 2. The second-order valence-corrected chi connectivity index (χ2v) is 11.2. The summed E-state index contributed by atoms with van der Waals surface area (Å²) in [5, 5.41) is 8.46. The number of pyridine rings is 2. The van der Waals surface area contributed by atoms with Crippen LogP contribution in [0.5, 0.6) is 0 Å². The zero-order valence-corrected chi connectivity index (χ0v) is 26.1. The monoisotopic (exact) mass is 638 g/mol. The van der Waals surface area contributed by atoms with Crippen LogP contribution >= 0.6 is 0 Å². The Morgan fingerprint density at radius 3 is 1.33 bits per heavy atom. The molecule has 0 unspecified atom stereocenters. The van der Waals surface area contributed by atoms with Crippen LogP contribution in [0.1, 0.15) is 34.6 Å². The summed E-state index contributed by atoms with van der Waals surface area (Å²) in [6.45, 7) is 3.84. The largest absolute Gasteiger partial charge is 0.462 e. The number of rotatable bonds is 8. The SMILES string of the molecule is CCOC(=O)c1cc2[nH]c3ccccc3c(=O)c2cc1Nc1ccc(Nc2cc3c(=O)c4ccccc4[nH]c3cc2C(=O)OCC)cc1. The summed E-state index contributed by atoms with van der Waals surface area (Å²) >= 11 is 0. The second-order valence-electron chi connectivity index (χ2n) is 11.2. The van der Waals surface area contributed by atoms with E-state index in [9.17, 15) is 19.2 Å². The lowest BCUT2D eigenvalue weighted by Gasteiger charge is -2.15. The van der Waals surface area contributed by atoms with Gasteiger partial charge in [0.15, 0.2) is 10.9 Å². The van der Waals surface area contributed by atoms with Crippen molar-refractivity contribution in [1.29, 1.82) is 0 Å². The molecule has 10 nitrogen and oxygen atoms in total. The highest BCUT2D eigenvalue weighted by Gasteiger charge is 2.19. The van der Waals surface area contributed by atoms with Gasteiger partial charge in [0.1, 0.15) is 0 Å². The molecule has 0 atom stereocenters. The number of para-hydroxylation sites is 2. The number of benzene rings is 5. The number of anilines is 4. The van der Waals surface area contributed by atoms with Crippen LogP contribution in [0.3, 0.4) is 0 Å². The van der Waals surface area contributed by atoms with E-state index in [1.165, 1.54) is 0 Å². The zero-order chi connectivity index (χ0) is 33.4. The van der Waals surface area contributed by atoms with E-state index in [0.29, 0.717) is 66.4 Å². The number of ether oxygens (including phenoxy) is 2. The molecule has 0 saturated heterocycles. The third-order valence-electron chi connectivity index (χ3n) is 8.12. The molecule has 2 heterocycles. The first-order chi connectivity index (χ1) is 23.3. The average Bonchev–Trinajstić information content (AvgIpc) is 3.09. The second kappa shape index (κ2) is 12.4. The van der Waals surface area contributed by atoms with Crippen LogP contribution in [0.15, 0.2) is 107 Å². The summed E-state index contributed by atoms with van der Waals surface area (Å²) in [5.74, 6) is -1.06. The number of H-pyrrole nitrogens is 2. The van der Waals surface area contributed by atoms with Crippen molar-refractivity contribution in [3.8, 4) is 0 Å². The van der Waals surface area contributed by atoms with Crippen LogP contribution in [-0.2, 0) is 9.47 Å². The third kappa shape index (κ3) is 5.49. The van der Waals surface area contributed by atoms with Crippen molar-refractivity contribution in [2.24, 2.45) is 0 Å². The number of aromatic amines is 2. The lowest BCUT2D eigenvalue weighted by Crippen LogP contribution is -2.11. The average molecular weight is 639 g/mol. The Labute approximate surface area is 273 Å². The molecule has 2 aromatic heterocycles. The van der Waals surface area contributed by atoms with Gasteiger partial charge in [-0.2, -0.15) is 0 Å². The molecule has 0 radical (unpaired) electrons. The van der Waals surface area contributed by atoms with E-state index < -0.39 is 11.9 Å². The molecule has 4 N–H and O–H groups in total. The Balaban J connectivity index is 1.25. The van der Waals surface area contributed by atoms with Crippen LogP contribution in [0.2, 0.25) is 0 Å².